The number of nitrogen functional groups attached to an aromatic ring is 1. The summed E-state index contributed by atoms with van der Waals surface area (Å²) in [7, 11) is -2.92. The average Bonchev–Trinajstić information content (AvgIpc) is 2.17. The minimum Gasteiger partial charge on any atom is -0.398 e. The highest BCUT2D eigenvalue weighted by Crippen LogP contribution is 2.30. The van der Waals surface area contributed by atoms with Crippen LogP contribution in [0.1, 0.15) is 0 Å². The van der Waals surface area contributed by atoms with Crippen LogP contribution in [0.2, 0.25) is 0 Å². The highest BCUT2D eigenvalue weighted by Gasteiger charge is 2.05. The van der Waals surface area contributed by atoms with Gasteiger partial charge in [-0.05, 0) is 17.5 Å². The third-order valence-electron chi connectivity index (χ3n) is 2.07. The van der Waals surface area contributed by atoms with Crippen LogP contribution in [0.5, 0.6) is 5.75 Å². The van der Waals surface area contributed by atoms with Crippen molar-refractivity contribution in [3.63, 3.8) is 0 Å². The van der Waals surface area contributed by atoms with E-state index in [1.807, 2.05) is 12.1 Å². The van der Waals surface area contributed by atoms with Crippen LogP contribution in [0, 0.1) is 0 Å². The van der Waals surface area contributed by atoms with Crippen molar-refractivity contribution in [2.45, 2.75) is 0 Å². The third-order valence-corrected chi connectivity index (χ3v) is 2.42. The van der Waals surface area contributed by atoms with Crippen molar-refractivity contribution >= 4 is 27.4 Å². The lowest BCUT2D eigenvalue weighted by atomic mass is 10.1. The molecule has 0 aliphatic carbocycles. The maximum atomic E-state index is 10.5. The zero-order valence-corrected chi connectivity index (χ0v) is 8.61. The van der Waals surface area contributed by atoms with Gasteiger partial charge < -0.3 is 9.92 Å². The Morgan fingerprint density at radius 3 is 2.40 bits per heavy atom. The number of hydrogen-bond acceptors (Lipinski definition) is 4. The summed E-state index contributed by atoms with van der Waals surface area (Å²) in [4.78, 5) is 0. The van der Waals surface area contributed by atoms with Gasteiger partial charge in [0.2, 0.25) is 0 Å². The molecule has 0 fully saturated rings. The van der Waals surface area contributed by atoms with E-state index in [0.717, 1.165) is 5.39 Å². The number of hydrogen-bond donors (Lipinski definition) is 2. The van der Waals surface area contributed by atoms with Crippen molar-refractivity contribution in [2.24, 2.45) is 0 Å². The van der Waals surface area contributed by atoms with E-state index in [9.17, 15) is 8.42 Å². The van der Waals surface area contributed by atoms with Gasteiger partial charge >= 0.3 is 0 Å². The summed E-state index contributed by atoms with van der Waals surface area (Å²) in [5.74, 6) is 0.265. The fourth-order valence-corrected chi connectivity index (χ4v) is 1.80. The van der Waals surface area contributed by atoms with Crippen molar-refractivity contribution in [3.05, 3.63) is 36.4 Å². The highest BCUT2D eigenvalue weighted by molar-refractivity contribution is 7.67. The molecular formula is C10H9NO3S. The molecule has 0 aliphatic heterocycles. The molecule has 0 saturated carbocycles. The highest BCUT2D eigenvalue weighted by atomic mass is 32.2. The Bertz CT molecular complexity index is 565. The van der Waals surface area contributed by atoms with Crippen LogP contribution in [-0.4, -0.2) is 8.42 Å². The minimum atomic E-state index is -2.92. The van der Waals surface area contributed by atoms with Gasteiger partial charge in [0.15, 0.2) is 5.75 Å². The van der Waals surface area contributed by atoms with Gasteiger partial charge in [0, 0.05) is 11.1 Å². The average molecular weight is 223 g/mol. The predicted octanol–water partition coefficient (Wildman–Crippen LogP) is 1.33. The predicted molar refractivity (Wildman–Crippen MR) is 59.3 cm³/mol. The van der Waals surface area contributed by atoms with Crippen molar-refractivity contribution in [2.75, 3.05) is 5.73 Å². The maximum Gasteiger partial charge on any atom is 0.299 e. The second-order valence-electron chi connectivity index (χ2n) is 3.02. The van der Waals surface area contributed by atoms with Gasteiger partial charge in [0.1, 0.15) is 0 Å². The lowest BCUT2D eigenvalue weighted by Crippen LogP contribution is -1.93. The lowest BCUT2D eigenvalue weighted by Gasteiger charge is -2.05. The lowest BCUT2D eigenvalue weighted by molar-refractivity contribution is 0.513. The first-order valence-electron chi connectivity index (χ1n) is 4.28. The van der Waals surface area contributed by atoms with Crippen LogP contribution in [0.3, 0.4) is 0 Å². The molecule has 4 nitrogen and oxygen atoms in total. The largest absolute Gasteiger partial charge is 0.398 e. The summed E-state index contributed by atoms with van der Waals surface area (Å²) >= 11 is 0. The smallest absolute Gasteiger partial charge is 0.299 e. The molecule has 0 radical (unpaired) electrons. The van der Waals surface area contributed by atoms with Gasteiger partial charge in [0.05, 0.1) is 0 Å². The second kappa shape index (κ2) is 3.78. The van der Waals surface area contributed by atoms with Gasteiger partial charge in [-0.3, -0.25) is 0 Å². The van der Waals surface area contributed by atoms with Crippen LogP contribution < -0.4 is 9.92 Å². The van der Waals surface area contributed by atoms with E-state index in [1.165, 1.54) is 0 Å². The van der Waals surface area contributed by atoms with E-state index >= 15 is 0 Å². The summed E-state index contributed by atoms with van der Waals surface area (Å²) in [5, 5.41) is 1.48. The quantitative estimate of drug-likeness (QED) is 0.595. The Kier molecular flexibility index (Phi) is 2.47. The Morgan fingerprint density at radius 1 is 1.07 bits per heavy atom. The van der Waals surface area contributed by atoms with E-state index in [4.69, 9.17) is 5.73 Å². The molecule has 0 spiro atoms. The molecule has 0 aromatic heterocycles. The van der Waals surface area contributed by atoms with Crippen molar-refractivity contribution in [1.82, 2.24) is 0 Å². The van der Waals surface area contributed by atoms with E-state index in [1.54, 1.807) is 24.3 Å². The Balaban J connectivity index is 2.73. The molecule has 0 atom stereocenters. The second-order valence-corrected chi connectivity index (χ2v) is 3.65. The molecule has 15 heavy (non-hydrogen) atoms. The molecule has 0 aliphatic rings. The number of anilines is 1. The Labute approximate surface area is 88.4 Å². The maximum absolute atomic E-state index is 10.5. The molecule has 0 saturated heterocycles. The van der Waals surface area contributed by atoms with Crippen LogP contribution >= 0.6 is 0 Å². The Morgan fingerprint density at radius 2 is 1.73 bits per heavy atom. The van der Waals surface area contributed by atoms with Crippen LogP contribution in [0.15, 0.2) is 36.4 Å². The van der Waals surface area contributed by atoms with Crippen LogP contribution in [0.25, 0.3) is 10.8 Å². The number of benzene rings is 2. The van der Waals surface area contributed by atoms with Crippen molar-refractivity contribution in [1.29, 1.82) is 0 Å². The summed E-state index contributed by atoms with van der Waals surface area (Å²) < 4.78 is 25.7. The van der Waals surface area contributed by atoms with Crippen LogP contribution in [0.4, 0.5) is 5.69 Å². The van der Waals surface area contributed by atoms with Crippen molar-refractivity contribution < 1.29 is 12.6 Å². The standard InChI is InChI=1S/C10H9NO3S/c11-8-5-1-3-7-4-2-6-9(10(7)8)14-15(12)13/h1-6,15H,11H2. The minimum absolute atomic E-state index is 0.265. The molecule has 2 N–H and O–H groups in total. The summed E-state index contributed by atoms with van der Waals surface area (Å²) in [6, 6.07) is 10.5. The molecular weight excluding hydrogens is 214 g/mol. The fraction of sp³-hybridized carbons (Fsp3) is 0. The molecule has 0 heterocycles. The topological polar surface area (TPSA) is 69.4 Å². The van der Waals surface area contributed by atoms with Crippen molar-refractivity contribution in [3.8, 4) is 5.75 Å². The van der Waals surface area contributed by atoms with E-state index in [-0.39, 0.29) is 5.75 Å². The van der Waals surface area contributed by atoms with Gasteiger partial charge in [-0.2, -0.15) is 8.42 Å². The molecule has 78 valence electrons. The van der Waals surface area contributed by atoms with E-state index in [0.29, 0.717) is 11.1 Å². The molecule has 2 aromatic rings. The number of nitrogens with two attached hydrogens (primary N) is 1. The summed E-state index contributed by atoms with van der Waals surface area (Å²) in [5.41, 5.74) is 6.26. The normalized spacial score (nSPS) is 10.7. The monoisotopic (exact) mass is 223 g/mol. The fourth-order valence-electron chi connectivity index (χ4n) is 1.49. The zero-order chi connectivity index (χ0) is 10.8. The number of rotatable bonds is 2. The number of thiol groups is 1. The van der Waals surface area contributed by atoms with Gasteiger partial charge in [-0.1, -0.05) is 24.3 Å². The molecule has 5 heteroatoms. The molecule has 0 unspecified atom stereocenters. The first kappa shape index (κ1) is 9.79. The molecule has 2 aromatic carbocycles. The molecule has 0 bridgehead atoms. The first-order valence-corrected chi connectivity index (χ1v) is 5.37. The summed E-state index contributed by atoms with van der Waals surface area (Å²) in [6.07, 6.45) is 0. The van der Waals surface area contributed by atoms with Gasteiger partial charge in [-0.15, -0.1) is 0 Å². The summed E-state index contributed by atoms with van der Waals surface area (Å²) in [6.45, 7) is 0. The third kappa shape index (κ3) is 1.87. The molecule has 0 amide bonds. The zero-order valence-electron chi connectivity index (χ0n) is 7.71. The SMILES string of the molecule is Nc1cccc2cccc(O[SH](=O)=O)c12. The Hall–Kier alpha value is -1.75. The number of fused-ring (bicyclic) bond motifs is 1. The van der Waals surface area contributed by atoms with Crippen LogP contribution in [-0.2, 0) is 11.0 Å². The van der Waals surface area contributed by atoms with Gasteiger partial charge in [-0.25, -0.2) is 0 Å². The van der Waals surface area contributed by atoms with E-state index < -0.39 is 11.0 Å². The molecule has 2 rings (SSSR count). The first-order chi connectivity index (χ1) is 7.18. The van der Waals surface area contributed by atoms with Gasteiger partial charge in [0.25, 0.3) is 11.0 Å². The van der Waals surface area contributed by atoms with E-state index in [2.05, 4.69) is 4.18 Å².